The van der Waals surface area contributed by atoms with E-state index in [0.29, 0.717) is 6.54 Å². The minimum Gasteiger partial charge on any atom is -0.344 e. The Morgan fingerprint density at radius 1 is 1.00 bits per heavy atom. The summed E-state index contributed by atoms with van der Waals surface area (Å²) in [6, 6.07) is 4.05. The van der Waals surface area contributed by atoms with Gasteiger partial charge in [0.1, 0.15) is 11.6 Å². The summed E-state index contributed by atoms with van der Waals surface area (Å²) < 4.78 is 26.7. The molecule has 0 bridgehead atoms. The number of halogens is 2. The number of hydrogen-bond donors (Lipinski definition) is 1. The summed E-state index contributed by atoms with van der Waals surface area (Å²) in [5.74, 6) is -0.860. The number of likely N-dealkylation sites (tertiary alicyclic amines) is 1. The molecule has 0 atom stereocenters. The lowest BCUT2D eigenvalue weighted by Gasteiger charge is -2.26. The maximum atomic E-state index is 13.3. The molecule has 1 fully saturated rings. The highest BCUT2D eigenvalue weighted by Gasteiger charge is 2.15. The van der Waals surface area contributed by atoms with Crippen molar-refractivity contribution in [2.45, 2.75) is 25.8 Å². The monoisotopic (exact) mass is 228 g/mol. The van der Waals surface area contributed by atoms with E-state index in [4.69, 9.17) is 0 Å². The first-order chi connectivity index (χ1) is 7.27. The number of benzene rings is 1. The summed E-state index contributed by atoms with van der Waals surface area (Å²) in [5.41, 5.74) is 0.208. The fourth-order valence-corrected chi connectivity index (χ4v) is 2.02. The predicted octanol–water partition coefficient (Wildman–Crippen LogP) is 3.11. The lowest BCUT2D eigenvalue weighted by molar-refractivity contribution is 0.215. The maximum absolute atomic E-state index is 13.3. The summed E-state index contributed by atoms with van der Waals surface area (Å²) in [6.45, 7) is 2.31. The van der Waals surface area contributed by atoms with Crippen molar-refractivity contribution in [3.63, 3.8) is 0 Å². The molecule has 4 heteroatoms. The Hall–Kier alpha value is -1.00. The van der Waals surface area contributed by atoms with Crippen molar-refractivity contribution >= 4 is 0 Å². The van der Waals surface area contributed by atoms with Crippen LogP contribution in [0.4, 0.5) is 8.78 Å². The first-order valence-electron chi connectivity index (χ1n) is 5.42. The quantitative estimate of drug-likeness (QED) is 0.844. The van der Waals surface area contributed by atoms with Crippen molar-refractivity contribution in [2.75, 3.05) is 13.1 Å². The Balaban J connectivity index is 0.00000128. The minimum absolute atomic E-state index is 0. The van der Waals surface area contributed by atoms with Crippen LogP contribution in [0.3, 0.4) is 0 Å². The third kappa shape index (κ3) is 3.00. The van der Waals surface area contributed by atoms with Gasteiger partial charge < -0.3 is 6.15 Å². The van der Waals surface area contributed by atoms with Gasteiger partial charge in [0, 0.05) is 12.1 Å². The van der Waals surface area contributed by atoms with Gasteiger partial charge >= 0.3 is 0 Å². The van der Waals surface area contributed by atoms with Crippen molar-refractivity contribution in [3.8, 4) is 0 Å². The Bertz CT molecular complexity index is 316. The van der Waals surface area contributed by atoms with Crippen LogP contribution in [0.5, 0.6) is 0 Å². The fourth-order valence-electron chi connectivity index (χ4n) is 2.02. The van der Waals surface area contributed by atoms with Crippen molar-refractivity contribution in [3.05, 3.63) is 35.4 Å². The zero-order valence-corrected chi connectivity index (χ0v) is 9.38. The van der Waals surface area contributed by atoms with Crippen LogP contribution < -0.4 is 6.15 Å². The van der Waals surface area contributed by atoms with Crippen molar-refractivity contribution in [1.82, 2.24) is 11.1 Å². The molecule has 0 radical (unpaired) electrons. The number of nitrogens with zero attached hydrogens (tertiary/aromatic N) is 1. The third-order valence-corrected chi connectivity index (χ3v) is 2.89. The van der Waals surface area contributed by atoms with E-state index >= 15 is 0 Å². The lowest BCUT2D eigenvalue weighted by Crippen LogP contribution is -2.29. The van der Waals surface area contributed by atoms with E-state index in [2.05, 4.69) is 4.90 Å². The SMILES string of the molecule is Fc1cccc(F)c1CN1CCCCC1.N. The zero-order valence-electron chi connectivity index (χ0n) is 9.38. The fraction of sp³-hybridized carbons (Fsp3) is 0.500. The highest BCUT2D eigenvalue weighted by atomic mass is 19.1. The molecule has 2 nitrogen and oxygen atoms in total. The van der Waals surface area contributed by atoms with Gasteiger partial charge in [-0.3, -0.25) is 4.90 Å². The molecule has 0 spiro atoms. The Kier molecular flexibility index (Phi) is 4.83. The highest BCUT2D eigenvalue weighted by molar-refractivity contribution is 5.19. The number of hydrogen-bond acceptors (Lipinski definition) is 2. The highest BCUT2D eigenvalue weighted by Crippen LogP contribution is 2.17. The van der Waals surface area contributed by atoms with Crippen LogP contribution in [0.1, 0.15) is 24.8 Å². The van der Waals surface area contributed by atoms with Crippen LogP contribution >= 0.6 is 0 Å². The van der Waals surface area contributed by atoms with E-state index in [1.54, 1.807) is 0 Å². The molecular formula is C12H18F2N2. The molecule has 1 heterocycles. The molecule has 0 aromatic heterocycles. The normalized spacial score (nSPS) is 16.9. The number of piperidine rings is 1. The molecule has 2 rings (SSSR count). The molecular weight excluding hydrogens is 210 g/mol. The van der Waals surface area contributed by atoms with Gasteiger partial charge in [-0.25, -0.2) is 8.78 Å². The van der Waals surface area contributed by atoms with Gasteiger partial charge in [0.05, 0.1) is 0 Å². The minimum atomic E-state index is -0.430. The smallest absolute Gasteiger partial charge is 0.130 e. The maximum Gasteiger partial charge on any atom is 0.130 e. The van der Waals surface area contributed by atoms with Gasteiger partial charge in [0.15, 0.2) is 0 Å². The Morgan fingerprint density at radius 2 is 1.56 bits per heavy atom. The standard InChI is InChI=1S/C12H15F2N.H3N/c13-11-5-4-6-12(14)10(11)9-15-7-2-1-3-8-15;/h4-6H,1-3,7-9H2;1H3. The van der Waals surface area contributed by atoms with Crippen molar-refractivity contribution in [2.24, 2.45) is 0 Å². The topological polar surface area (TPSA) is 38.2 Å². The molecule has 16 heavy (non-hydrogen) atoms. The van der Waals surface area contributed by atoms with Crippen LogP contribution in [0, 0.1) is 11.6 Å². The summed E-state index contributed by atoms with van der Waals surface area (Å²) >= 11 is 0. The van der Waals surface area contributed by atoms with Crippen LogP contribution in [-0.4, -0.2) is 18.0 Å². The summed E-state index contributed by atoms with van der Waals surface area (Å²) in [7, 11) is 0. The van der Waals surface area contributed by atoms with E-state index in [0.717, 1.165) is 25.9 Å². The molecule has 90 valence electrons. The molecule has 0 amide bonds. The molecule has 1 aliphatic rings. The van der Waals surface area contributed by atoms with Gasteiger partial charge in [0.2, 0.25) is 0 Å². The molecule has 0 saturated carbocycles. The Labute approximate surface area is 94.8 Å². The first kappa shape index (κ1) is 13.1. The van der Waals surface area contributed by atoms with Gasteiger partial charge in [0.25, 0.3) is 0 Å². The van der Waals surface area contributed by atoms with E-state index < -0.39 is 11.6 Å². The molecule has 1 aromatic carbocycles. The lowest BCUT2D eigenvalue weighted by atomic mass is 10.1. The summed E-state index contributed by atoms with van der Waals surface area (Å²) in [6.07, 6.45) is 3.50. The molecule has 1 saturated heterocycles. The molecule has 0 aliphatic carbocycles. The molecule has 1 aliphatic heterocycles. The summed E-state index contributed by atoms with van der Waals surface area (Å²) in [4.78, 5) is 2.12. The predicted molar refractivity (Wildman–Crippen MR) is 60.5 cm³/mol. The van der Waals surface area contributed by atoms with Crippen molar-refractivity contribution < 1.29 is 8.78 Å². The van der Waals surface area contributed by atoms with Gasteiger partial charge in [-0.05, 0) is 38.1 Å². The van der Waals surface area contributed by atoms with E-state index in [9.17, 15) is 8.78 Å². The summed E-state index contributed by atoms with van der Waals surface area (Å²) in [5, 5.41) is 0. The van der Waals surface area contributed by atoms with Gasteiger partial charge in [-0.1, -0.05) is 12.5 Å². The van der Waals surface area contributed by atoms with Crippen molar-refractivity contribution in [1.29, 1.82) is 0 Å². The van der Waals surface area contributed by atoms with Crippen LogP contribution in [0.2, 0.25) is 0 Å². The zero-order chi connectivity index (χ0) is 10.7. The van der Waals surface area contributed by atoms with Crippen LogP contribution in [-0.2, 0) is 6.54 Å². The second-order valence-electron chi connectivity index (χ2n) is 4.04. The second-order valence-corrected chi connectivity index (χ2v) is 4.04. The van der Waals surface area contributed by atoms with E-state index in [1.165, 1.54) is 24.6 Å². The Morgan fingerprint density at radius 3 is 2.12 bits per heavy atom. The van der Waals surface area contributed by atoms with Gasteiger partial charge in [-0.15, -0.1) is 0 Å². The molecule has 3 N–H and O–H groups in total. The molecule has 0 unspecified atom stereocenters. The van der Waals surface area contributed by atoms with Gasteiger partial charge in [-0.2, -0.15) is 0 Å². The molecule has 1 aromatic rings. The average Bonchev–Trinajstić information content (AvgIpc) is 2.25. The largest absolute Gasteiger partial charge is 0.344 e. The van der Waals surface area contributed by atoms with E-state index in [-0.39, 0.29) is 11.7 Å². The third-order valence-electron chi connectivity index (χ3n) is 2.89. The number of rotatable bonds is 2. The first-order valence-corrected chi connectivity index (χ1v) is 5.42. The van der Waals surface area contributed by atoms with E-state index in [1.807, 2.05) is 0 Å². The van der Waals surface area contributed by atoms with Crippen LogP contribution in [0.25, 0.3) is 0 Å². The average molecular weight is 228 g/mol. The second kappa shape index (κ2) is 5.92. The van der Waals surface area contributed by atoms with Crippen LogP contribution in [0.15, 0.2) is 18.2 Å².